The lowest BCUT2D eigenvalue weighted by Crippen LogP contribution is -2.33. The lowest BCUT2D eigenvalue weighted by Gasteiger charge is -2.25. The van der Waals surface area contributed by atoms with E-state index in [-0.39, 0.29) is 11.6 Å². The number of methoxy groups -OCH3 is 1. The third-order valence-electron chi connectivity index (χ3n) is 4.56. The molecule has 0 aliphatic carbocycles. The SMILES string of the molecule is COc1cc(/N=N/c2ccccc2)c(N)nc1NC(=O)OCCN1CCCCC1. The van der Waals surface area contributed by atoms with Crippen molar-refractivity contribution in [2.45, 2.75) is 19.3 Å². The van der Waals surface area contributed by atoms with Crippen LogP contribution >= 0.6 is 0 Å². The fourth-order valence-electron chi connectivity index (χ4n) is 3.01. The molecule has 0 saturated carbocycles. The molecule has 3 N–H and O–H groups in total. The molecular formula is C20H26N6O3. The first-order valence-corrected chi connectivity index (χ1v) is 9.63. The van der Waals surface area contributed by atoms with Gasteiger partial charge in [0.25, 0.3) is 0 Å². The molecule has 2 aromatic rings. The highest BCUT2D eigenvalue weighted by Crippen LogP contribution is 2.32. The van der Waals surface area contributed by atoms with Gasteiger partial charge in [0, 0.05) is 12.6 Å². The Labute approximate surface area is 169 Å². The Morgan fingerprint density at radius 3 is 2.69 bits per heavy atom. The summed E-state index contributed by atoms with van der Waals surface area (Å²) in [4.78, 5) is 18.6. The standard InChI is InChI=1S/C20H26N6O3/c1-28-17-14-16(25-24-15-8-4-2-5-9-15)18(21)22-19(17)23-20(27)29-13-12-26-10-6-3-7-11-26/h2,4-5,8-9,14H,3,6-7,10-13H2,1H3,(H3,21,22,23,27)/b25-24+. The van der Waals surface area contributed by atoms with Gasteiger partial charge in [-0.05, 0) is 38.1 Å². The van der Waals surface area contributed by atoms with Gasteiger partial charge in [-0.3, -0.25) is 10.2 Å². The summed E-state index contributed by atoms with van der Waals surface area (Å²) in [5.41, 5.74) is 6.99. The van der Waals surface area contributed by atoms with E-state index in [1.54, 1.807) is 6.07 Å². The van der Waals surface area contributed by atoms with Crippen molar-refractivity contribution >= 4 is 29.1 Å². The van der Waals surface area contributed by atoms with E-state index >= 15 is 0 Å². The smallest absolute Gasteiger partial charge is 0.412 e. The van der Waals surface area contributed by atoms with E-state index in [0.29, 0.717) is 23.7 Å². The molecule has 154 valence electrons. The molecule has 9 nitrogen and oxygen atoms in total. The van der Waals surface area contributed by atoms with E-state index in [0.717, 1.165) is 19.6 Å². The number of rotatable bonds is 7. The summed E-state index contributed by atoms with van der Waals surface area (Å²) < 4.78 is 10.5. The molecule has 1 aromatic carbocycles. The van der Waals surface area contributed by atoms with Crippen LogP contribution < -0.4 is 15.8 Å². The summed E-state index contributed by atoms with van der Waals surface area (Å²) in [5, 5.41) is 10.8. The fourth-order valence-corrected chi connectivity index (χ4v) is 3.01. The topological polar surface area (TPSA) is 114 Å². The highest BCUT2D eigenvalue weighted by atomic mass is 16.5. The molecule has 1 amide bonds. The minimum atomic E-state index is -0.606. The van der Waals surface area contributed by atoms with Crippen LogP contribution in [0.5, 0.6) is 5.75 Å². The van der Waals surface area contributed by atoms with Crippen molar-refractivity contribution in [2.24, 2.45) is 10.2 Å². The molecular weight excluding hydrogens is 372 g/mol. The Hall–Kier alpha value is -3.20. The van der Waals surface area contributed by atoms with Gasteiger partial charge in [0.05, 0.1) is 12.8 Å². The van der Waals surface area contributed by atoms with Gasteiger partial charge in [0.1, 0.15) is 12.3 Å². The first-order chi connectivity index (χ1) is 14.2. The highest BCUT2D eigenvalue weighted by Gasteiger charge is 2.15. The minimum absolute atomic E-state index is 0.120. The van der Waals surface area contributed by atoms with Crippen LogP contribution in [0, 0.1) is 0 Å². The van der Waals surface area contributed by atoms with E-state index in [4.69, 9.17) is 15.2 Å². The van der Waals surface area contributed by atoms with Gasteiger partial charge in [0.2, 0.25) is 0 Å². The number of pyridine rings is 1. The molecule has 1 aliphatic heterocycles. The van der Waals surface area contributed by atoms with E-state index < -0.39 is 6.09 Å². The predicted molar refractivity (Wildman–Crippen MR) is 111 cm³/mol. The Bertz CT molecular complexity index is 838. The van der Waals surface area contributed by atoms with Crippen molar-refractivity contribution in [1.29, 1.82) is 0 Å². The summed E-state index contributed by atoms with van der Waals surface area (Å²) in [6.45, 7) is 3.14. The molecule has 1 fully saturated rings. The molecule has 29 heavy (non-hydrogen) atoms. The number of nitrogens with one attached hydrogen (secondary N) is 1. The summed E-state index contributed by atoms with van der Waals surface area (Å²) in [6.07, 6.45) is 3.05. The zero-order chi connectivity index (χ0) is 20.5. The number of nitrogens with two attached hydrogens (primary N) is 1. The number of carbonyl (C=O) groups is 1. The Kier molecular flexibility index (Phi) is 7.34. The molecule has 0 unspecified atom stereocenters. The molecule has 9 heteroatoms. The summed E-state index contributed by atoms with van der Waals surface area (Å²) >= 11 is 0. The van der Waals surface area contributed by atoms with Gasteiger partial charge in [-0.15, -0.1) is 5.11 Å². The van der Waals surface area contributed by atoms with Crippen LogP contribution in [0.2, 0.25) is 0 Å². The molecule has 0 atom stereocenters. The number of nitrogen functional groups attached to an aromatic ring is 1. The molecule has 3 rings (SSSR count). The van der Waals surface area contributed by atoms with E-state index in [1.165, 1.54) is 26.4 Å². The van der Waals surface area contributed by atoms with Gasteiger partial charge >= 0.3 is 6.09 Å². The number of ether oxygens (including phenoxy) is 2. The molecule has 1 aliphatic rings. The van der Waals surface area contributed by atoms with Crippen LogP contribution in [-0.4, -0.2) is 49.3 Å². The molecule has 1 saturated heterocycles. The predicted octanol–water partition coefficient (Wildman–Crippen LogP) is 4.12. The van der Waals surface area contributed by atoms with Gasteiger partial charge < -0.3 is 15.2 Å². The van der Waals surface area contributed by atoms with Crippen LogP contribution in [0.25, 0.3) is 0 Å². The summed E-state index contributed by atoms with van der Waals surface area (Å²) in [7, 11) is 1.47. The van der Waals surface area contributed by atoms with Crippen molar-refractivity contribution in [3.63, 3.8) is 0 Å². The number of carbonyl (C=O) groups excluding carboxylic acids is 1. The largest absolute Gasteiger partial charge is 0.493 e. The number of hydrogen-bond acceptors (Lipinski definition) is 8. The van der Waals surface area contributed by atoms with Gasteiger partial charge in [0.15, 0.2) is 17.4 Å². The number of nitrogens with zero attached hydrogens (tertiary/aromatic N) is 4. The van der Waals surface area contributed by atoms with E-state index in [1.807, 2.05) is 30.3 Å². The number of hydrogen-bond donors (Lipinski definition) is 2. The van der Waals surface area contributed by atoms with Gasteiger partial charge in [-0.25, -0.2) is 9.78 Å². The third-order valence-corrected chi connectivity index (χ3v) is 4.56. The van der Waals surface area contributed by atoms with Crippen LogP contribution in [0.3, 0.4) is 0 Å². The van der Waals surface area contributed by atoms with Crippen molar-refractivity contribution in [2.75, 3.05) is 44.4 Å². The van der Waals surface area contributed by atoms with Crippen LogP contribution in [0.1, 0.15) is 19.3 Å². The second-order valence-corrected chi connectivity index (χ2v) is 6.64. The second-order valence-electron chi connectivity index (χ2n) is 6.64. The fraction of sp³-hybridized carbons (Fsp3) is 0.400. The number of anilines is 2. The normalized spacial score (nSPS) is 14.7. The van der Waals surface area contributed by atoms with E-state index in [9.17, 15) is 4.79 Å². The number of aromatic nitrogens is 1. The van der Waals surface area contributed by atoms with Crippen molar-refractivity contribution in [3.8, 4) is 5.75 Å². The molecule has 0 spiro atoms. The highest BCUT2D eigenvalue weighted by molar-refractivity contribution is 5.86. The first-order valence-electron chi connectivity index (χ1n) is 9.63. The molecule has 0 radical (unpaired) electrons. The Morgan fingerprint density at radius 2 is 1.97 bits per heavy atom. The Balaban J connectivity index is 1.59. The van der Waals surface area contributed by atoms with E-state index in [2.05, 4.69) is 25.4 Å². The molecule has 1 aromatic heterocycles. The average molecular weight is 398 g/mol. The average Bonchev–Trinajstić information content (AvgIpc) is 2.74. The maximum absolute atomic E-state index is 12.1. The number of benzene rings is 1. The number of likely N-dealkylation sites (tertiary alicyclic amines) is 1. The number of azo groups is 1. The van der Waals surface area contributed by atoms with Crippen LogP contribution in [0.4, 0.5) is 27.8 Å². The number of piperidine rings is 1. The maximum Gasteiger partial charge on any atom is 0.412 e. The maximum atomic E-state index is 12.1. The van der Waals surface area contributed by atoms with Crippen molar-refractivity contribution in [1.82, 2.24) is 9.88 Å². The van der Waals surface area contributed by atoms with Crippen molar-refractivity contribution in [3.05, 3.63) is 36.4 Å². The lowest BCUT2D eigenvalue weighted by molar-refractivity contribution is 0.131. The van der Waals surface area contributed by atoms with Gasteiger partial charge in [-0.2, -0.15) is 5.11 Å². The third kappa shape index (κ3) is 6.15. The molecule has 2 heterocycles. The van der Waals surface area contributed by atoms with Crippen molar-refractivity contribution < 1.29 is 14.3 Å². The zero-order valence-corrected chi connectivity index (χ0v) is 16.5. The molecule has 0 bridgehead atoms. The van der Waals surface area contributed by atoms with Crippen LogP contribution in [0.15, 0.2) is 46.6 Å². The summed E-state index contributed by atoms with van der Waals surface area (Å²) in [6, 6.07) is 10.8. The first kappa shape index (κ1) is 20.5. The number of amides is 1. The van der Waals surface area contributed by atoms with Gasteiger partial charge in [-0.1, -0.05) is 24.6 Å². The zero-order valence-electron chi connectivity index (χ0n) is 16.5. The monoisotopic (exact) mass is 398 g/mol. The lowest BCUT2D eigenvalue weighted by atomic mass is 10.1. The second kappa shape index (κ2) is 10.4. The minimum Gasteiger partial charge on any atom is -0.493 e. The Morgan fingerprint density at radius 1 is 1.21 bits per heavy atom. The van der Waals surface area contributed by atoms with Crippen LogP contribution in [-0.2, 0) is 4.74 Å². The quantitative estimate of drug-likeness (QED) is 0.678. The summed E-state index contributed by atoms with van der Waals surface area (Å²) in [5.74, 6) is 0.606.